The zero-order valence-electron chi connectivity index (χ0n) is 13.6. The lowest BCUT2D eigenvalue weighted by molar-refractivity contribution is -0.137. The number of amides is 1. The summed E-state index contributed by atoms with van der Waals surface area (Å²) in [7, 11) is 0. The molecule has 0 saturated carbocycles. The number of aromatic amines is 1. The number of aromatic nitrogens is 1. The number of H-pyrrole nitrogens is 1. The second-order valence-electron chi connectivity index (χ2n) is 5.66. The first-order chi connectivity index (χ1) is 12.7. The Balaban J connectivity index is 2.07. The van der Waals surface area contributed by atoms with Crippen LogP contribution in [0.2, 0.25) is 0 Å². The first kappa shape index (κ1) is 18.4. The van der Waals surface area contributed by atoms with E-state index in [1.807, 2.05) is 0 Å². The largest absolute Gasteiger partial charge is 0.416 e. The Morgan fingerprint density at radius 3 is 2.30 bits per heavy atom. The Labute approximate surface area is 150 Å². The lowest BCUT2D eigenvalue weighted by Crippen LogP contribution is -2.17. The fourth-order valence-electron chi connectivity index (χ4n) is 2.51. The van der Waals surface area contributed by atoms with Crippen LogP contribution in [0.15, 0.2) is 65.6 Å². The highest BCUT2D eigenvalue weighted by molar-refractivity contribution is 6.08. The van der Waals surface area contributed by atoms with Crippen LogP contribution in [0, 0.1) is 5.82 Å². The van der Waals surface area contributed by atoms with E-state index in [1.54, 1.807) is 0 Å². The van der Waals surface area contributed by atoms with Crippen molar-refractivity contribution >= 4 is 11.6 Å². The molecule has 0 aliphatic carbocycles. The van der Waals surface area contributed by atoms with Crippen LogP contribution >= 0.6 is 0 Å². The molecule has 0 aliphatic rings. The molecule has 2 N–H and O–H groups in total. The summed E-state index contributed by atoms with van der Waals surface area (Å²) >= 11 is 0. The number of alkyl halides is 3. The fraction of sp³-hybridized carbons (Fsp3) is 0.0526. The number of rotatable bonds is 3. The van der Waals surface area contributed by atoms with Gasteiger partial charge in [-0.3, -0.25) is 9.59 Å². The molecule has 0 atom stereocenters. The predicted octanol–water partition coefficient (Wildman–Crippen LogP) is 4.45. The number of anilines is 1. The molecule has 0 bridgehead atoms. The lowest BCUT2D eigenvalue weighted by atomic mass is 9.96. The third kappa shape index (κ3) is 4.22. The molecular weight excluding hydrogens is 364 g/mol. The van der Waals surface area contributed by atoms with Crippen molar-refractivity contribution in [3.63, 3.8) is 0 Å². The van der Waals surface area contributed by atoms with Gasteiger partial charge in [0.1, 0.15) is 5.82 Å². The molecule has 8 heteroatoms. The Kier molecular flexibility index (Phi) is 4.81. The van der Waals surface area contributed by atoms with Crippen molar-refractivity contribution in [2.45, 2.75) is 6.18 Å². The molecular formula is C19H12F4N2O2. The van der Waals surface area contributed by atoms with Crippen LogP contribution in [0.5, 0.6) is 0 Å². The standard InChI is InChI=1S/C19H12F4N2O2/c20-13-4-1-11(2-5-13)15-6-3-12(19(21,22)23)9-16(15)18(27)25-14-7-8-24-17(26)10-14/h1-10H,(H2,24,25,26,27). The summed E-state index contributed by atoms with van der Waals surface area (Å²) in [5.74, 6) is -1.34. The predicted molar refractivity (Wildman–Crippen MR) is 91.9 cm³/mol. The van der Waals surface area contributed by atoms with Gasteiger partial charge in [0.05, 0.1) is 5.56 Å². The molecule has 0 fully saturated rings. The van der Waals surface area contributed by atoms with Crippen LogP contribution < -0.4 is 10.9 Å². The molecule has 2 aromatic carbocycles. The van der Waals surface area contributed by atoms with Crippen LogP contribution in [0.25, 0.3) is 11.1 Å². The van der Waals surface area contributed by atoms with E-state index in [0.717, 1.165) is 36.4 Å². The molecule has 1 aromatic heterocycles. The molecule has 0 radical (unpaired) electrons. The number of benzene rings is 2. The highest BCUT2D eigenvalue weighted by Crippen LogP contribution is 2.33. The number of halogens is 4. The summed E-state index contributed by atoms with van der Waals surface area (Å²) in [5.41, 5.74) is -1.02. The normalized spacial score (nSPS) is 11.3. The number of nitrogens with one attached hydrogen (secondary N) is 2. The molecule has 1 amide bonds. The van der Waals surface area contributed by atoms with E-state index in [4.69, 9.17) is 0 Å². The van der Waals surface area contributed by atoms with Gasteiger partial charge in [0.15, 0.2) is 0 Å². The quantitative estimate of drug-likeness (QED) is 0.664. The van der Waals surface area contributed by atoms with Crippen LogP contribution in [0.3, 0.4) is 0 Å². The van der Waals surface area contributed by atoms with E-state index in [-0.39, 0.29) is 16.8 Å². The molecule has 0 unspecified atom stereocenters. The molecule has 0 aliphatic heterocycles. The Morgan fingerprint density at radius 1 is 0.963 bits per heavy atom. The number of hydrogen-bond donors (Lipinski definition) is 2. The number of hydrogen-bond acceptors (Lipinski definition) is 2. The number of pyridine rings is 1. The molecule has 0 saturated heterocycles. The maximum absolute atomic E-state index is 13.1. The van der Waals surface area contributed by atoms with Gasteiger partial charge in [0, 0.05) is 23.5 Å². The van der Waals surface area contributed by atoms with Crippen molar-refractivity contribution < 1.29 is 22.4 Å². The number of carbonyl (C=O) groups is 1. The van der Waals surface area contributed by atoms with Crippen molar-refractivity contribution in [3.8, 4) is 11.1 Å². The minimum atomic E-state index is -4.64. The monoisotopic (exact) mass is 376 g/mol. The van der Waals surface area contributed by atoms with Crippen molar-refractivity contribution in [3.05, 3.63) is 88.1 Å². The third-order valence-corrected chi connectivity index (χ3v) is 3.78. The average molecular weight is 376 g/mol. The van der Waals surface area contributed by atoms with Gasteiger partial charge in [0.25, 0.3) is 5.91 Å². The molecule has 27 heavy (non-hydrogen) atoms. The summed E-state index contributed by atoms with van der Waals surface area (Å²) < 4.78 is 52.4. The third-order valence-electron chi connectivity index (χ3n) is 3.78. The first-order valence-electron chi connectivity index (χ1n) is 7.71. The van der Waals surface area contributed by atoms with Crippen molar-refractivity contribution in [1.82, 2.24) is 4.98 Å². The molecule has 4 nitrogen and oxygen atoms in total. The van der Waals surface area contributed by atoms with E-state index in [1.165, 1.54) is 24.4 Å². The first-order valence-corrected chi connectivity index (χ1v) is 7.71. The van der Waals surface area contributed by atoms with E-state index in [9.17, 15) is 27.2 Å². The van der Waals surface area contributed by atoms with Crippen molar-refractivity contribution in [1.29, 1.82) is 0 Å². The minimum Gasteiger partial charge on any atom is -0.329 e. The fourth-order valence-corrected chi connectivity index (χ4v) is 2.51. The minimum absolute atomic E-state index is 0.131. The van der Waals surface area contributed by atoms with Crippen LogP contribution in [-0.4, -0.2) is 10.9 Å². The Bertz CT molecular complexity index is 1040. The van der Waals surface area contributed by atoms with E-state index >= 15 is 0 Å². The molecule has 138 valence electrons. The van der Waals surface area contributed by atoms with Gasteiger partial charge >= 0.3 is 6.18 Å². The topological polar surface area (TPSA) is 62.0 Å². The summed E-state index contributed by atoms with van der Waals surface area (Å²) in [4.78, 5) is 26.3. The molecule has 0 spiro atoms. The van der Waals surface area contributed by atoms with Crippen molar-refractivity contribution in [2.24, 2.45) is 0 Å². The van der Waals surface area contributed by atoms with Gasteiger partial charge in [-0.05, 0) is 41.5 Å². The van der Waals surface area contributed by atoms with Gasteiger partial charge < -0.3 is 10.3 Å². The highest BCUT2D eigenvalue weighted by Gasteiger charge is 2.32. The summed E-state index contributed by atoms with van der Waals surface area (Å²) in [5, 5.41) is 2.40. The summed E-state index contributed by atoms with van der Waals surface area (Å²) in [6.45, 7) is 0. The second-order valence-corrected chi connectivity index (χ2v) is 5.66. The lowest BCUT2D eigenvalue weighted by Gasteiger charge is -2.14. The summed E-state index contributed by atoms with van der Waals surface area (Å²) in [6, 6.07) is 10.2. The highest BCUT2D eigenvalue weighted by atomic mass is 19.4. The zero-order valence-corrected chi connectivity index (χ0v) is 13.6. The van der Waals surface area contributed by atoms with Gasteiger partial charge in [-0.25, -0.2) is 4.39 Å². The van der Waals surface area contributed by atoms with E-state index in [2.05, 4.69) is 10.3 Å². The molecule has 1 heterocycles. The van der Waals surface area contributed by atoms with Gasteiger partial charge in [-0.2, -0.15) is 13.2 Å². The zero-order chi connectivity index (χ0) is 19.6. The van der Waals surface area contributed by atoms with Crippen LogP contribution in [-0.2, 0) is 6.18 Å². The Morgan fingerprint density at radius 2 is 1.67 bits per heavy atom. The average Bonchev–Trinajstić information content (AvgIpc) is 2.61. The molecule has 3 rings (SSSR count). The van der Waals surface area contributed by atoms with E-state index in [0.29, 0.717) is 5.56 Å². The molecule has 3 aromatic rings. The summed E-state index contributed by atoms with van der Waals surface area (Å²) in [6.07, 6.45) is -3.34. The van der Waals surface area contributed by atoms with E-state index < -0.39 is 29.0 Å². The number of carbonyl (C=O) groups excluding carboxylic acids is 1. The second kappa shape index (κ2) is 7.06. The smallest absolute Gasteiger partial charge is 0.329 e. The Hall–Kier alpha value is -3.42. The maximum Gasteiger partial charge on any atom is 0.416 e. The van der Waals surface area contributed by atoms with Gasteiger partial charge in [-0.1, -0.05) is 18.2 Å². The van der Waals surface area contributed by atoms with Crippen LogP contribution in [0.4, 0.5) is 23.2 Å². The maximum atomic E-state index is 13.1. The van der Waals surface area contributed by atoms with Crippen LogP contribution in [0.1, 0.15) is 15.9 Å². The van der Waals surface area contributed by atoms with Gasteiger partial charge in [-0.15, -0.1) is 0 Å². The van der Waals surface area contributed by atoms with Gasteiger partial charge in [0.2, 0.25) is 5.56 Å². The van der Waals surface area contributed by atoms with Crippen molar-refractivity contribution in [2.75, 3.05) is 5.32 Å². The SMILES string of the molecule is O=C(Nc1cc[nH]c(=O)c1)c1cc(C(F)(F)F)ccc1-c1ccc(F)cc1.